The maximum atomic E-state index is 10.8. The average molecular weight is 265 g/mol. The Morgan fingerprint density at radius 2 is 2.37 bits per heavy atom. The van der Waals surface area contributed by atoms with Gasteiger partial charge in [0, 0.05) is 19.5 Å². The van der Waals surface area contributed by atoms with Crippen LogP contribution in [0.3, 0.4) is 0 Å². The van der Waals surface area contributed by atoms with Gasteiger partial charge in [0.15, 0.2) is 0 Å². The molecule has 6 heteroatoms. The predicted octanol–water partition coefficient (Wildman–Crippen LogP) is 1.48. The number of anilines is 1. The summed E-state index contributed by atoms with van der Waals surface area (Å²) in [6.45, 7) is 3.55. The second-order valence-corrected chi connectivity index (χ2v) is 4.88. The second-order valence-electron chi connectivity index (χ2n) is 4.88. The third kappa shape index (κ3) is 3.13. The van der Waals surface area contributed by atoms with Gasteiger partial charge in [0.1, 0.15) is 12.1 Å². The number of rotatable bonds is 4. The number of aromatic nitrogens is 2. The number of carbonyl (C=O) groups is 1. The Kier molecular flexibility index (Phi) is 4.19. The van der Waals surface area contributed by atoms with E-state index in [4.69, 9.17) is 9.84 Å². The van der Waals surface area contributed by atoms with E-state index in [1.165, 1.54) is 6.33 Å². The van der Waals surface area contributed by atoms with Crippen LogP contribution in [0.5, 0.6) is 5.88 Å². The van der Waals surface area contributed by atoms with Gasteiger partial charge >= 0.3 is 5.97 Å². The summed E-state index contributed by atoms with van der Waals surface area (Å²) in [6, 6.07) is 0. The van der Waals surface area contributed by atoms with E-state index < -0.39 is 5.97 Å². The van der Waals surface area contributed by atoms with Crippen LogP contribution in [0, 0.1) is 12.8 Å². The van der Waals surface area contributed by atoms with Gasteiger partial charge in [-0.05, 0) is 25.7 Å². The largest absolute Gasteiger partial charge is 0.481 e. The van der Waals surface area contributed by atoms with Crippen molar-refractivity contribution in [2.45, 2.75) is 26.2 Å². The van der Waals surface area contributed by atoms with Crippen LogP contribution in [0.4, 0.5) is 5.82 Å². The fourth-order valence-electron chi connectivity index (χ4n) is 2.62. The highest BCUT2D eigenvalue weighted by Gasteiger charge is 2.24. The van der Waals surface area contributed by atoms with Crippen LogP contribution in [0.15, 0.2) is 6.33 Å². The molecule has 2 rings (SSSR count). The molecule has 0 aliphatic carbocycles. The Bertz CT molecular complexity index is 464. The zero-order valence-electron chi connectivity index (χ0n) is 11.3. The number of carboxylic acids is 1. The highest BCUT2D eigenvalue weighted by Crippen LogP contribution is 2.28. The van der Waals surface area contributed by atoms with Crippen molar-refractivity contribution in [1.82, 2.24) is 9.97 Å². The maximum absolute atomic E-state index is 10.8. The molecule has 0 bridgehead atoms. The topological polar surface area (TPSA) is 75.6 Å². The van der Waals surface area contributed by atoms with E-state index in [9.17, 15) is 4.79 Å². The Hall–Kier alpha value is -1.85. The Morgan fingerprint density at radius 1 is 1.58 bits per heavy atom. The quantitative estimate of drug-likeness (QED) is 0.888. The average Bonchev–Trinajstić information content (AvgIpc) is 2.38. The van der Waals surface area contributed by atoms with Crippen LogP contribution in [0.1, 0.15) is 24.8 Å². The van der Waals surface area contributed by atoms with Gasteiger partial charge in [-0.15, -0.1) is 0 Å². The lowest BCUT2D eigenvalue weighted by atomic mass is 9.94. The number of hydrogen-bond donors (Lipinski definition) is 1. The molecule has 1 atom stereocenters. The molecule has 0 spiro atoms. The van der Waals surface area contributed by atoms with Crippen molar-refractivity contribution in [3.05, 3.63) is 11.9 Å². The summed E-state index contributed by atoms with van der Waals surface area (Å²) in [6.07, 6.45) is 3.66. The van der Waals surface area contributed by atoms with E-state index in [2.05, 4.69) is 14.9 Å². The third-order valence-corrected chi connectivity index (χ3v) is 3.49. The number of ether oxygens (including phenoxy) is 1. The first-order chi connectivity index (χ1) is 9.11. The van der Waals surface area contributed by atoms with E-state index in [0.29, 0.717) is 5.88 Å². The van der Waals surface area contributed by atoms with E-state index in [1.807, 2.05) is 6.92 Å². The van der Waals surface area contributed by atoms with Gasteiger partial charge in [-0.25, -0.2) is 9.97 Å². The summed E-state index contributed by atoms with van der Waals surface area (Å²) >= 11 is 0. The van der Waals surface area contributed by atoms with Crippen molar-refractivity contribution >= 4 is 11.8 Å². The van der Waals surface area contributed by atoms with Crippen molar-refractivity contribution in [2.24, 2.45) is 5.92 Å². The predicted molar refractivity (Wildman–Crippen MR) is 70.5 cm³/mol. The van der Waals surface area contributed by atoms with Crippen molar-refractivity contribution in [2.75, 3.05) is 25.1 Å². The Balaban J connectivity index is 2.15. The van der Waals surface area contributed by atoms with Crippen molar-refractivity contribution in [1.29, 1.82) is 0 Å². The monoisotopic (exact) mass is 265 g/mol. The number of nitrogens with zero attached hydrogens (tertiary/aromatic N) is 3. The highest BCUT2D eigenvalue weighted by molar-refractivity contribution is 5.67. The minimum Gasteiger partial charge on any atom is -0.481 e. The summed E-state index contributed by atoms with van der Waals surface area (Å²) < 4.78 is 5.20. The number of hydrogen-bond acceptors (Lipinski definition) is 5. The van der Waals surface area contributed by atoms with Crippen molar-refractivity contribution in [3.8, 4) is 5.88 Å². The molecule has 0 aromatic carbocycles. The minimum absolute atomic E-state index is 0.187. The zero-order chi connectivity index (χ0) is 13.8. The van der Waals surface area contributed by atoms with Crippen molar-refractivity contribution in [3.63, 3.8) is 0 Å². The van der Waals surface area contributed by atoms with Crippen LogP contribution in [0.2, 0.25) is 0 Å². The summed E-state index contributed by atoms with van der Waals surface area (Å²) in [7, 11) is 1.59. The number of methoxy groups -OCH3 is 1. The first-order valence-corrected chi connectivity index (χ1v) is 6.44. The fraction of sp³-hybridized carbons (Fsp3) is 0.615. The number of carboxylic acid groups (broad SMARTS) is 1. The Morgan fingerprint density at radius 3 is 3.05 bits per heavy atom. The van der Waals surface area contributed by atoms with Crippen LogP contribution in [-0.4, -0.2) is 41.2 Å². The molecule has 1 fully saturated rings. The van der Waals surface area contributed by atoms with E-state index in [-0.39, 0.29) is 12.3 Å². The lowest BCUT2D eigenvalue weighted by molar-refractivity contribution is -0.138. The minimum atomic E-state index is -0.733. The Labute approximate surface area is 112 Å². The van der Waals surface area contributed by atoms with Gasteiger partial charge in [-0.2, -0.15) is 0 Å². The molecule has 1 aromatic heterocycles. The van der Waals surface area contributed by atoms with Crippen LogP contribution in [-0.2, 0) is 4.79 Å². The third-order valence-electron chi connectivity index (χ3n) is 3.49. The van der Waals surface area contributed by atoms with E-state index in [1.54, 1.807) is 7.11 Å². The molecule has 1 unspecified atom stereocenters. The zero-order valence-corrected chi connectivity index (χ0v) is 11.3. The second kappa shape index (κ2) is 5.86. The lowest BCUT2D eigenvalue weighted by Crippen LogP contribution is -2.37. The van der Waals surface area contributed by atoms with Gasteiger partial charge in [0.2, 0.25) is 5.88 Å². The standard InChI is InChI=1S/C13H19N3O3/c1-9-12(14-8-15-13(9)19-2)16-5-3-4-10(7-16)6-11(17)18/h8,10H,3-7H2,1-2H3,(H,17,18). The molecule has 2 heterocycles. The molecule has 1 aliphatic rings. The molecule has 1 saturated heterocycles. The van der Waals surface area contributed by atoms with Crippen molar-refractivity contribution < 1.29 is 14.6 Å². The number of aliphatic carboxylic acids is 1. The molecule has 1 aromatic rings. The van der Waals surface area contributed by atoms with Crippen LogP contribution < -0.4 is 9.64 Å². The molecule has 1 aliphatic heterocycles. The van der Waals surface area contributed by atoms with E-state index >= 15 is 0 Å². The smallest absolute Gasteiger partial charge is 0.303 e. The molecule has 0 saturated carbocycles. The molecular weight excluding hydrogens is 246 g/mol. The lowest BCUT2D eigenvalue weighted by Gasteiger charge is -2.33. The fourth-order valence-corrected chi connectivity index (χ4v) is 2.62. The first-order valence-electron chi connectivity index (χ1n) is 6.44. The molecular formula is C13H19N3O3. The van der Waals surface area contributed by atoms with E-state index in [0.717, 1.165) is 37.3 Å². The molecule has 104 valence electrons. The van der Waals surface area contributed by atoms with Gasteiger partial charge in [0.05, 0.1) is 12.7 Å². The highest BCUT2D eigenvalue weighted by atomic mass is 16.5. The van der Waals surface area contributed by atoms with Crippen LogP contribution in [0.25, 0.3) is 0 Å². The summed E-state index contributed by atoms with van der Waals surface area (Å²) in [5.74, 6) is 0.878. The normalized spacial score (nSPS) is 19.3. The summed E-state index contributed by atoms with van der Waals surface area (Å²) in [5.41, 5.74) is 0.904. The van der Waals surface area contributed by atoms with Crippen LogP contribution >= 0.6 is 0 Å². The van der Waals surface area contributed by atoms with Gasteiger partial charge in [-0.3, -0.25) is 4.79 Å². The summed E-state index contributed by atoms with van der Waals surface area (Å²) in [5, 5.41) is 8.90. The molecule has 0 radical (unpaired) electrons. The molecule has 6 nitrogen and oxygen atoms in total. The van der Waals surface area contributed by atoms with Gasteiger partial charge in [-0.1, -0.05) is 0 Å². The maximum Gasteiger partial charge on any atom is 0.303 e. The molecule has 1 N–H and O–H groups in total. The molecule has 0 amide bonds. The molecule has 19 heavy (non-hydrogen) atoms. The SMILES string of the molecule is COc1ncnc(N2CCCC(CC(=O)O)C2)c1C. The van der Waals surface area contributed by atoms with Gasteiger partial charge < -0.3 is 14.7 Å². The number of piperidine rings is 1. The summed E-state index contributed by atoms with van der Waals surface area (Å²) in [4.78, 5) is 21.3. The van der Waals surface area contributed by atoms with Gasteiger partial charge in [0.25, 0.3) is 0 Å². The first kappa shape index (κ1) is 13.6.